The minimum atomic E-state index is -2.28. The third-order valence-electron chi connectivity index (χ3n) is 2.91. The molecule has 3 rings (SSSR count). The van der Waals surface area contributed by atoms with Crippen LogP contribution in [0.5, 0.6) is 0 Å². The van der Waals surface area contributed by atoms with Gasteiger partial charge in [0.1, 0.15) is 0 Å². The molecule has 0 bridgehead atoms. The van der Waals surface area contributed by atoms with Gasteiger partial charge in [-0.2, -0.15) is 0 Å². The highest BCUT2D eigenvalue weighted by Gasteiger charge is 2.47. The molecule has 6 heteroatoms. The molecule has 0 N–H and O–H groups in total. The molecule has 2 heterocycles. The maximum atomic E-state index is 12.5. The van der Waals surface area contributed by atoms with Crippen LogP contribution in [0.1, 0.15) is 18.0 Å². The first-order valence-electron chi connectivity index (χ1n) is 4.96. The van der Waals surface area contributed by atoms with Crippen LogP contribution in [0.25, 0.3) is 5.52 Å². The molecular formula is C10H8ClF2N3. The summed E-state index contributed by atoms with van der Waals surface area (Å²) in [6, 6.07) is 3.61. The Kier molecular flexibility index (Phi) is 2.10. The molecule has 2 atom stereocenters. The summed E-state index contributed by atoms with van der Waals surface area (Å²) in [6.45, 7) is 0. The molecule has 84 valence electrons. The van der Waals surface area contributed by atoms with Crippen LogP contribution in [0.3, 0.4) is 0 Å². The number of aromatic nitrogens is 3. The summed E-state index contributed by atoms with van der Waals surface area (Å²) in [4.78, 5) is 4.07. The van der Waals surface area contributed by atoms with Gasteiger partial charge in [-0.3, -0.25) is 0 Å². The molecule has 0 spiro atoms. The molecule has 16 heavy (non-hydrogen) atoms. The zero-order valence-electron chi connectivity index (χ0n) is 8.15. The summed E-state index contributed by atoms with van der Waals surface area (Å²) in [5, 5.41) is 4.06. The van der Waals surface area contributed by atoms with Gasteiger partial charge < -0.3 is 0 Å². The van der Waals surface area contributed by atoms with E-state index in [-0.39, 0.29) is 11.2 Å². The SMILES string of the molecule is FC(F)[C@H]1C[C@@H]1c1nc(Cl)nn2cccc12. The fourth-order valence-electron chi connectivity index (χ4n) is 2.01. The Morgan fingerprint density at radius 2 is 2.31 bits per heavy atom. The van der Waals surface area contributed by atoms with Crippen molar-refractivity contribution in [2.24, 2.45) is 5.92 Å². The van der Waals surface area contributed by atoms with Crippen molar-refractivity contribution in [3.63, 3.8) is 0 Å². The molecule has 1 fully saturated rings. The van der Waals surface area contributed by atoms with Crippen molar-refractivity contribution in [3.05, 3.63) is 29.3 Å². The maximum absolute atomic E-state index is 12.5. The van der Waals surface area contributed by atoms with Gasteiger partial charge in [-0.05, 0) is 30.2 Å². The molecular weight excluding hydrogens is 236 g/mol. The topological polar surface area (TPSA) is 30.2 Å². The van der Waals surface area contributed by atoms with Gasteiger partial charge in [-0.25, -0.2) is 18.3 Å². The molecule has 0 amide bonds. The highest BCUT2D eigenvalue weighted by molar-refractivity contribution is 6.28. The van der Waals surface area contributed by atoms with E-state index in [0.29, 0.717) is 12.1 Å². The predicted molar refractivity (Wildman–Crippen MR) is 54.8 cm³/mol. The maximum Gasteiger partial charge on any atom is 0.242 e. The Hall–Kier alpha value is -1.23. The zero-order chi connectivity index (χ0) is 11.3. The third kappa shape index (κ3) is 1.46. The number of nitrogens with zero attached hydrogens (tertiary/aromatic N) is 3. The van der Waals surface area contributed by atoms with Crippen LogP contribution < -0.4 is 0 Å². The van der Waals surface area contributed by atoms with Crippen molar-refractivity contribution in [3.8, 4) is 0 Å². The van der Waals surface area contributed by atoms with Crippen molar-refractivity contribution in [2.75, 3.05) is 0 Å². The second-order valence-electron chi connectivity index (χ2n) is 3.94. The monoisotopic (exact) mass is 243 g/mol. The molecule has 0 saturated heterocycles. The normalized spacial score (nSPS) is 24.2. The van der Waals surface area contributed by atoms with Gasteiger partial charge in [-0.1, -0.05) is 0 Å². The Labute approximate surface area is 95.0 Å². The summed E-state index contributed by atoms with van der Waals surface area (Å²) in [7, 11) is 0. The largest absolute Gasteiger partial charge is 0.242 e. The fraction of sp³-hybridized carbons (Fsp3) is 0.400. The molecule has 1 saturated carbocycles. The summed E-state index contributed by atoms with van der Waals surface area (Å²) in [6.07, 6.45) is -0.0772. The summed E-state index contributed by atoms with van der Waals surface area (Å²) >= 11 is 5.75. The molecule has 0 radical (unpaired) electrons. The van der Waals surface area contributed by atoms with Gasteiger partial charge in [-0.15, -0.1) is 5.10 Å². The number of alkyl halides is 2. The Balaban J connectivity index is 2.07. The summed E-state index contributed by atoms with van der Waals surface area (Å²) in [5.74, 6) is -0.762. The lowest BCUT2D eigenvalue weighted by Crippen LogP contribution is -2.02. The van der Waals surface area contributed by atoms with Crippen molar-refractivity contribution in [1.29, 1.82) is 0 Å². The highest BCUT2D eigenvalue weighted by atomic mass is 35.5. The van der Waals surface area contributed by atoms with Crippen LogP contribution in [0.2, 0.25) is 5.28 Å². The Morgan fingerprint density at radius 1 is 1.50 bits per heavy atom. The van der Waals surface area contributed by atoms with Crippen LogP contribution in [-0.4, -0.2) is 21.0 Å². The molecule has 0 unspecified atom stereocenters. The van der Waals surface area contributed by atoms with E-state index in [0.717, 1.165) is 5.52 Å². The summed E-state index contributed by atoms with van der Waals surface area (Å²) in [5.41, 5.74) is 1.40. The van der Waals surface area contributed by atoms with Gasteiger partial charge in [0.2, 0.25) is 11.7 Å². The first kappa shape index (κ1) is 9.96. The van der Waals surface area contributed by atoms with Crippen molar-refractivity contribution >= 4 is 17.1 Å². The van der Waals surface area contributed by atoms with E-state index in [1.54, 1.807) is 16.8 Å². The molecule has 3 nitrogen and oxygen atoms in total. The van der Waals surface area contributed by atoms with E-state index >= 15 is 0 Å². The third-order valence-corrected chi connectivity index (χ3v) is 3.07. The number of fused-ring (bicyclic) bond motifs is 1. The molecule has 2 aromatic rings. The molecule has 1 aliphatic rings. The minimum Gasteiger partial charge on any atom is -0.236 e. The first-order chi connectivity index (χ1) is 7.66. The number of halogens is 3. The number of rotatable bonds is 2. The van der Waals surface area contributed by atoms with Crippen LogP contribution in [0, 0.1) is 5.92 Å². The van der Waals surface area contributed by atoms with Gasteiger partial charge in [0.15, 0.2) is 0 Å². The molecule has 0 aliphatic heterocycles. The zero-order valence-corrected chi connectivity index (χ0v) is 8.90. The number of hydrogen-bond acceptors (Lipinski definition) is 2. The van der Waals surface area contributed by atoms with Crippen LogP contribution in [0.4, 0.5) is 8.78 Å². The second-order valence-corrected chi connectivity index (χ2v) is 4.28. The molecule has 1 aliphatic carbocycles. The average molecular weight is 244 g/mol. The van der Waals surface area contributed by atoms with Crippen LogP contribution >= 0.6 is 11.6 Å². The first-order valence-corrected chi connectivity index (χ1v) is 5.33. The van der Waals surface area contributed by atoms with E-state index in [1.165, 1.54) is 0 Å². The standard InChI is InChI=1S/C10H8ClF2N3/c11-10-14-8(5-4-6(5)9(12)13)7-2-1-3-16(7)15-10/h1-3,5-6,9H,4H2/t5-,6-/m0/s1. The lowest BCUT2D eigenvalue weighted by atomic mass is 10.2. The van der Waals surface area contributed by atoms with Gasteiger partial charge in [0.05, 0.1) is 11.2 Å². The smallest absolute Gasteiger partial charge is 0.236 e. The molecule has 2 aromatic heterocycles. The van der Waals surface area contributed by atoms with Crippen molar-refractivity contribution < 1.29 is 8.78 Å². The second kappa shape index (κ2) is 3.38. The van der Waals surface area contributed by atoms with Crippen molar-refractivity contribution in [1.82, 2.24) is 14.6 Å². The van der Waals surface area contributed by atoms with Crippen molar-refractivity contribution in [2.45, 2.75) is 18.8 Å². The number of hydrogen-bond donors (Lipinski definition) is 0. The Morgan fingerprint density at radius 3 is 3.00 bits per heavy atom. The van der Waals surface area contributed by atoms with Crippen LogP contribution in [-0.2, 0) is 0 Å². The fourth-order valence-corrected chi connectivity index (χ4v) is 2.18. The van der Waals surface area contributed by atoms with Gasteiger partial charge >= 0.3 is 0 Å². The molecule has 0 aromatic carbocycles. The average Bonchev–Trinajstić information content (AvgIpc) is 2.89. The van der Waals surface area contributed by atoms with E-state index in [2.05, 4.69) is 10.1 Å². The Bertz CT molecular complexity index is 540. The van der Waals surface area contributed by atoms with Crippen LogP contribution in [0.15, 0.2) is 18.3 Å². The highest BCUT2D eigenvalue weighted by Crippen LogP contribution is 2.51. The van der Waals surface area contributed by atoms with Gasteiger partial charge in [0, 0.05) is 18.0 Å². The van der Waals surface area contributed by atoms with E-state index in [1.807, 2.05) is 6.07 Å². The quantitative estimate of drug-likeness (QED) is 0.812. The minimum absolute atomic E-state index is 0.0959. The van der Waals surface area contributed by atoms with Gasteiger partial charge in [0.25, 0.3) is 0 Å². The van der Waals surface area contributed by atoms with E-state index in [9.17, 15) is 8.78 Å². The van der Waals surface area contributed by atoms with E-state index in [4.69, 9.17) is 11.6 Å². The lowest BCUT2D eigenvalue weighted by Gasteiger charge is -2.03. The summed E-state index contributed by atoms with van der Waals surface area (Å²) < 4.78 is 26.6. The van der Waals surface area contributed by atoms with E-state index < -0.39 is 12.3 Å². The predicted octanol–water partition coefficient (Wildman–Crippen LogP) is 2.75. The lowest BCUT2D eigenvalue weighted by molar-refractivity contribution is 0.120.